The minimum absolute atomic E-state index is 0.215. The number of hydrogen-bond acceptors (Lipinski definition) is 4. The van der Waals surface area contributed by atoms with Crippen molar-refractivity contribution in [1.82, 2.24) is 0 Å². The van der Waals surface area contributed by atoms with Crippen LogP contribution in [0.1, 0.15) is 55.3 Å². The summed E-state index contributed by atoms with van der Waals surface area (Å²) < 4.78 is 25.3. The van der Waals surface area contributed by atoms with Crippen LogP contribution in [-0.2, 0) is 22.4 Å². The van der Waals surface area contributed by atoms with Gasteiger partial charge in [0.25, 0.3) is 0 Å². The summed E-state index contributed by atoms with van der Waals surface area (Å²) in [6, 6.07) is 12.0. The first-order valence-corrected chi connectivity index (χ1v) is 12.0. The number of aliphatic hydroxyl groups excluding tert-OH is 1. The Bertz CT molecular complexity index is 792. The van der Waals surface area contributed by atoms with Gasteiger partial charge in [0.15, 0.2) is 16.1 Å². The van der Waals surface area contributed by atoms with E-state index in [0.717, 1.165) is 0 Å². The average Bonchev–Trinajstić information content (AvgIpc) is 2.65. The van der Waals surface area contributed by atoms with Crippen molar-refractivity contribution in [3.8, 4) is 0 Å². The lowest BCUT2D eigenvalue weighted by Crippen LogP contribution is -2.17. The molecule has 0 radical (unpaired) electrons. The summed E-state index contributed by atoms with van der Waals surface area (Å²) in [5.74, 6) is 1.48. The zero-order valence-electron chi connectivity index (χ0n) is 16.8. The Balaban J connectivity index is 2.46. The summed E-state index contributed by atoms with van der Waals surface area (Å²) in [6.07, 6.45) is -0.446. The van der Waals surface area contributed by atoms with Crippen LogP contribution < -0.4 is 0 Å². The molecule has 0 amide bonds. The van der Waals surface area contributed by atoms with Gasteiger partial charge in [-0.3, -0.25) is 4.79 Å². The molecule has 2 rings (SSSR count). The maximum absolute atomic E-state index is 12.8. The topological polar surface area (TPSA) is 83.4 Å². The molecule has 0 saturated heterocycles. The molecule has 4 nitrogen and oxygen atoms in total. The van der Waals surface area contributed by atoms with Gasteiger partial charge >= 0.3 is 0 Å². The summed E-state index contributed by atoms with van der Waals surface area (Å²) in [7, 11) is 0. The lowest BCUT2D eigenvalue weighted by Gasteiger charge is -2.21. The van der Waals surface area contributed by atoms with Gasteiger partial charge in [0.05, 0.1) is 5.56 Å². The first-order valence-electron chi connectivity index (χ1n) is 9.37. The van der Waals surface area contributed by atoms with Crippen LogP contribution in [0.3, 0.4) is 0 Å². The Morgan fingerprint density at radius 2 is 1.57 bits per heavy atom. The normalized spacial score (nSPS) is 14.9. The number of rotatable bonds is 9. The Hall–Kier alpha value is -1.31. The zero-order valence-corrected chi connectivity index (χ0v) is 18.4. The molecule has 2 aromatic carbocycles. The first-order chi connectivity index (χ1) is 13.2. The van der Waals surface area contributed by atoms with Crippen molar-refractivity contribution in [3.63, 3.8) is 0 Å². The number of carbonyl (C=O) groups excluding carboxylic acids is 1. The number of hydrogen-bond donors (Lipinski definition) is 1. The second-order valence-electron chi connectivity index (χ2n) is 7.66. The van der Waals surface area contributed by atoms with Gasteiger partial charge < -0.3 is 14.2 Å². The second-order valence-corrected chi connectivity index (χ2v) is 10.6. The molecule has 2 aromatic rings. The molecule has 28 heavy (non-hydrogen) atoms. The molecule has 0 spiro atoms. The highest BCUT2D eigenvalue weighted by Crippen LogP contribution is 2.32. The molecule has 0 heterocycles. The van der Waals surface area contributed by atoms with Gasteiger partial charge in [-0.05, 0) is 58.0 Å². The highest BCUT2D eigenvalue weighted by molar-refractivity contribution is 7.91. The van der Waals surface area contributed by atoms with E-state index in [2.05, 4.69) is 0 Å². The third-order valence-corrected chi connectivity index (χ3v) is 7.72. The summed E-state index contributed by atoms with van der Waals surface area (Å²) in [6.45, 7) is 7.97. The van der Waals surface area contributed by atoms with E-state index in [0.29, 0.717) is 44.3 Å². The van der Waals surface area contributed by atoms with E-state index in [9.17, 15) is 19.0 Å². The standard InChI is InChI=1S/C22H28O4S2/c1-15(2)13-27(25)19-9-5-7-17(11-19)22(24)21-18(12-23)8-6-10-20(21)28(26)14-16(3)4/h5-12,15-16,22,24H,13-14H2,1-4H3. The summed E-state index contributed by atoms with van der Waals surface area (Å²) in [5, 5.41) is 11.1. The Morgan fingerprint density at radius 3 is 2.18 bits per heavy atom. The van der Waals surface area contributed by atoms with Crippen molar-refractivity contribution in [2.24, 2.45) is 11.8 Å². The second kappa shape index (κ2) is 10.5. The zero-order chi connectivity index (χ0) is 20.8. The molecule has 0 bridgehead atoms. The van der Waals surface area contributed by atoms with Gasteiger partial charge in [-0.1, -0.05) is 52.0 Å². The molecular weight excluding hydrogens is 392 g/mol. The maximum Gasteiger partial charge on any atom is 0.159 e. The van der Waals surface area contributed by atoms with Gasteiger partial charge in [0, 0.05) is 5.56 Å². The minimum Gasteiger partial charge on any atom is -0.611 e. The van der Waals surface area contributed by atoms with Crippen molar-refractivity contribution < 1.29 is 19.0 Å². The number of benzene rings is 2. The smallest absolute Gasteiger partial charge is 0.159 e. The first kappa shape index (κ1) is 23.0. The van der Waals surface area contributed by atoms with Crippen molar-refractivity contribution in [3.05, 3.63) is 59.2 Å². The summed E-state index contributed by atoms with van der Waals surface area (Å²) in [4.78, 5) is 12.7. The molecule has 0 aliphatic carbocycles. The summed E-state index contributed by atoms with van der Waals surface area (Å²) >= 11 is -2.50. The van der Waals surface area contributed by atoms with E-state index < -0.39 is 28.5 Å². The van der Waals surface area contributed by atoms with Crippen LogP contribution >= 0.6 is 0 Å². The van der Waals surface area contributed by atoms with Crippen molar-refractivity contribution in [1.29, 1.82) is 0 Å². The van der Waals surface area contributed by atoms with Crippen molar-refractivity contribution in [2.45, 2.75) is 43.6 Å². The van der Waals surface area contributed by atoms with E-state index in [-0.39, 0.29) is 11.8 Å². The van der Waals surface area contributed by atoms with Gasteiger partial charge in [-0.25, -0.2) is 0 Å². The van der Waals surface area contributed by atoms with Gasteiger partial charge in [0.2, 0.25) is 0 Å². The van der Waals surface area contributed by atoms with Gasteiger partial charge in [-0.2, -0.15) is 0 Å². The summed E-state index contributed by atoms with van der Waals surface area (Å²) in [5.41, 5.74) is 1.21. The van der Waals surface area contributed by atoms with E-state index in [1.165, 1.54) is 0 Å². The van der Waals surface area contributed by atoms with Crippen molar-refractivity contribution >= 4 is 28.6 Å². The van der Waals surface area contributed by atoms with E-state index in [1.807, 2.05) is 27.7 Å². The fourth-order valence-corrected chi connectivity index (χ4v) is 5.73. The molecule has 3 unspecified atom stereocenters. The molecule has 0 saturated carbocycles. The van der Waals surface area contributed by atoms with Crippen LogP contribution in [0.25, 0.3) is 0 Å². The third kappa shape index (κ3) is 5.84. The fraction of sp³-hybridized carbons (Fsp3) is 0.409. The van der Waals surface area contributed by atoms with Crippen LogP contribution in [0.4, 0.5) is 0 Å². The van der Waals surface area contributed by atoms with Crippen LogP contribution in [0, 0.1) is 11.8 Å². The number of aliphatic hydroxyl groups is 1. The Labute approximate surface area is 173 Å². The number of aldehydes is 1. The Kier molecular flexibility index (Phi) is 8.58. The molecule has 0 aliphatic rings. The quantitative estimate of drug-likeness (QED) is 0.489. The predicted molar refractivity (Wildman–Crippen MR) is 115 cm³/mol. The van der Waals surface area contributed by atoms with Crippen LogP contribution in [0.5, 0.6) is 0 Å². The van der Waals surface area contributed by atoms with E-state index >= 15 is 0 Å². The molecule has 3 atom stereocenters. The largest absolute Gasteiger partial charge is 0.611 e. The Morgan fingerprint density at radius 1 is 0.964 bits per heavy atom. The van der Waals surface area contributed by atoms with Gasteiger partial charge in [0.1, 0.15) is 17.6 Å². The van der Waals surface area contributed by atoms with E-state index in [1.54, 1.807) is 42.5 Å². The fourth-order valence-electron chi connectivity index (χ4n) is 2.94. The molecular formula is C22H28O4S2. The highest BCUT2D eigenvalue weighted by Gasteiger charge is 2.27. The number of carbonyl (C=O) groups is 1. The minimum atomic E-state index is -1.33. The lowest BCUT2D eigenvalue weighted by molar-refractivity contribution is 0.111. The molecule has 1 N–H and O–H groups in total. The van der Waals surface area contributed by atoms with Crippen LogP contribution in [-0.4, -0.2) is 32.0 Å². The van der Waals surface area contributed by atoms with Gasteiger partial charge in [-0.15, -0.1) is 0 Å². The lowest BCUT2D eigenvalue weighted by atomic mass is 9.97. The monoisotopic (exact) mass is 420 g/mol. The average molecular weight is 421 g/mol. The highest BCUT2D eigenvalue weighted by atomic mass is 32.2. The SMILES string of the molecule is CC(C)C[S+]([O-])c1cccc(C(O)c2c(C=O)cccc2[S+]([O-])CC(C)C)c1. The maximum atomic E-state index is 12.8. The molecule has 6 heteroatoms. The molecule has 0 aromatic heterocycles. The van der Waals surface area contributed by atoms with E-state index in [4.69, 9.17) is 0 Å². The van der Waals surface area contributed by atoms with Crippen molar-refractivity contribution in [2.75, 3.05) is 11.5 Å². The molecule has 152 valence electrons. The third-order valence-electron chi connectivity index (χ3n) is 4.15. The molecule has 0 fully saturated rings. The van der Waals surface area contributed by atoms with Crippen LogP contribution in [0.2, 0.25) is 0 Å². The predicted octanol–water partition coefficient (Wildman–Crippen LogP) is 4.11. The van der Waals surface area contributed by atoms with Crippen LogP contribution in [0.15, 0.2) is 52.3 Å². The molecule has 0 aliphatic heterocycles.